The van der Waals surface area contributed by atoms with E-state index in [4.69, 9.17) is 5.11 Å². The summed E-state index contributed by atoms with van der Waals surface area (Å²) < 4.78 is 0. The van der Waals surface area contributed by atoms with Crippen molar-refractivity contribution in [2.45, 2.75) is 19.4 Å². The van der Waals surface area contributed by atoms with E-state index in [9.17, 15) is 24.8 Å². The fourth-order valence-corrected chi connectivity index (χ4v) is 1.51. The highest BCUT2D eigenvalue weighted by Crippen LogP contribution is 2.22. The molecule has 1 rings (SSSR count). The number of rotatable bonds is 5. The Morgan fingerprint density at radius 1 is 1.45 bits per heavy atom. The number of nitrogens with zero attached hydrogens (tertiary/aromatic N) is 1. The van der Waals surface area contributed by atoms with Gasteiger partial charge in [0.2, 0.25) is 0 Å². The van der Waals surface area contributed by atoms with Crippen molar-refractivity contribution in [2.24, 2.45) is 0 Å². The van der Waals surface area contributed by atoms with Crippen LogP contribution in [0.15, 0.2) is 18.2 Å². The number of amides is 1. The van der Waals surface area contributed by atoms with Gasteiger partial charge in [-0.15, -0.1) is 0 Å². The molecule has 1 aromatic rings. The van der Waals surface area contributed by atoms with Crippen molar-refractivity contribution in [1.29, 1.82) is 0 Å². The number of nitro benzene ring substituents is 1. The van der Waals surface area contributed by atoms with Crippen LogP contribution < -0.4 is 5.32 Å². The maximum absolute atomic E-state index is 11.9. The van der Waals surface area contributed by atoms with Gasteiger partial charge in [0, 0.05) is 5.56 Å². The molecule has 0 bridgehead atoms. The molecule has 0 saturated carbocycles. The number of aryl methyl sites for hydroxylation is 1. The number of carboxylic acid groups (broad SMARTS) is 1. The van der Waals surface area contributed by atoms with Crippen molar-refractivity contribution in [3.8, 4) is 0 Å². The summed E-state index contributed by atoms with van der Waals surface area (Å²) in [5.74, 6) is -2.32. The first-order valence-electron chi connectivity index (χ1n) is 5.65. The first-order chi connectivity index (χ1) is 9.16. The molecule has 8 nitrogen and oxygen atoms in total. The predicted molar refractivity (Wildman–Crippen MR) is 68.4 cm³/mol. The van der Waals surface area contributed by atoms with Gasteiger partial charge in [0.15, 0.2) is 5.60 Å². The molecule has 3 N–H and O–H groups in total. The number of carbonyl (C=O) groups is 2. The van der Waals surface area contributed by atoms with Gasteiger partial charge in [0.05, 0.1) is 11.5 Å². The molecule has 1 amide bonds. The Labute approximate surface area is 114 Å². The molecule has 1 atom stereocenters. The molecule has 0 radical (unpaired) electrons. The van der Waals surface area contributed by atoms with Gasteiger partial charge >= 0.3 is 5.97 Å². The van der Waals surface area contributed by atoms with Crippen LogP contribution in [0.3, 0.4) is 0 Å². The van der Waals surface area contributed by atoms with Crippen LogP contribution >= 0.6 is 0 Å². The highest BCUT2D eigenvalue weighted by molar-refractivity contribution is 5.99. The summed E-state index contributed by atoms with van der Waals surface area (Å²) in [5, 5.41) is 31.3. The highest BCUT2D eigenvalue weighted by atomic mass is 16.6. The quantitative estimate of drug-likeness (QED) is 0.531. The second kappa shape index (κ2) is 5.66. The smallest absolute Gasteiger partial charge is 0.337 e. The summed E-state index contributed by atoms with van der Waals surface area (Å²) in [6, 6.07) is 4.23. The van der Waals surface area contributed by atoms with Gasteiger partial charge in [-0.05, 0) is 19.9 Å². The third-order valence-electron chi connectivity index (χ3n) is 2.72. The van der Waals surface area contributed by atoms with Crippen molar-refractivity contribution >= 4 is 17.6 Å². The van der Waals surface area contributed by atoms with Gasteiger partial charge < -0.3 is 15.5 Å². The van der Waals surface area contributed by atoms with Crippen molar-refractivity contribution in [2.75, 3.05) is 6.54 Å². The van der Waals surface area contributed by atoms with Crippen LogP contribution in [0, 0.1) is 17.0 Å². The van der Waals surface area contributed by atoms with E-state index in [1.807, 2.05) is 0 Å². The molecular weight excluding hydrogens is 268 g/mol. The van der Waals surface area contributed by atoms with E-state index < -0.39 is 28.9 Å². The van der Waals surface area contributed by atoms with E-state index in [2.05, 4.69) is 5.32 Å². The number of hydrogen-bond donors (Lipinski definition) is 3. The highest BCUT2D eigenvalue weighted by Gasteiger charge is 2.31. The lowest BCUT2D eigenvalue weighted by Crippen LogP contribution is -2.46. The Balaban J connectivity index is 2.97. The summed E-state index contributed by atoms with van der Waals surface area (Å²) >= 11 is 0. The minimum atomic E-state index is -2.14. The lowest BCUT2D eigenvalue weighted by atomic mass is 10.1. The van der Waals surface area contributed by atoms with Crippen LogP contribution in [0.4, 0.5) is 5.69 Å². The van der Waals surface area contributed by atoms with Crippen LogP contribution in [-0.4, -0.2) is 39.2 Å². The zero-order valence-electron chi connectivity index (χ0n) is 10.9. The van der Waals surface area contributed by atoms with E-state index >= 15 is 0 Å². The van der Waals surface area contributed by atoms with E-state index in [0.717, 1.165) is 6.92 Å². The van der Waals surface area contributed by atoms with Crippen LogP contribution in [-0.2, 0) is 4.79 Å². The average Bonchev–Trinajstić information content (AvgIpc) is 2.35. The number of hydrogen-bond acceptors (Lipinski definition) is 5. The third-order valence-corrected chi connectivity index (χ3v) is 2.72. The zero-order valence-corrected chi connectivity index (χ0v) is 10.9. The molecule has 0 heterocycles. The van der Waals surface area contributed by atoms with Crippen LogP contribution in [0.1, 0.15) is 22.8 Å². The van der Waals surface area contributed by atoms with Crippen LogP contribution in [0.25, 0.3) is 0 Å². The van der Waals surface area contributed by atoms with Gasteiger partial charge in [-0.2, -0.15) is 0 Å². The van der Waals surface area contributed by atoms with Crippen LogP contribution in [0.5, 0.6) is 0 Å². The zero-order chi connectivity index (χ0) is 15.5. The Bertz CT molecular complexity index is 567. The molecular formula is C12H14N2O6. The molecule has 0 aliphatic heterocycles. The number of carboxylic acids is 1. The van der Waals surface area contributed by atoms with Crippen molar-refractivity contribution in [1.82, 2.24) is 5.32 Å². The van der Waals surface area contributed by atoms with Crippen molar-refractivity contribution in [3.05, 3.63) is 39.4 Å². The number of carbonyl (C=O) groups excluding carboxylic acids is 1. The summed E-state index contributed by atoms with van der Waals surface area (Å²) in [5.41, 5.74) is -2.36. The Morgan fingerprint density at radius 3 is 2.55 bits per heavy atom. The molecule has 1 aromatic carbocycles. The normalized spacial score (nSPS) is 13.3. The number of para-hydroxylation sites is 1. The molecule has 0 saturated heterocycles. The topological polar surface area (TPSA) is 130 Å². The lowest BCUT2D eigenvalue weighted by molar-refractivity contribution is -0.385. The number of aliphatic carboxylic acids is 1. The average molecular weight is 282 g/mol. The van der Waals surface area contributed by atoms with Crippen molar-refractivity contribution < 1.29 is 24.7 Å². The Kier molecular flexibility index (Phi) is 4.41. The molecule has 108 valence electrons. The Morgan fingerprint density at radius 2 is 2.05 bits per heavy atom. The van der Waals surface area contributed by atoms with E-state index in [-0.39, 0.29) is 11.3 Å². The maximum Gasteiger partial charge on any atom is 0.337 e. The number of nitrogens with one attached hydrogen (secondary N) is 1. The van der Waals surface area contributed by atoms with Gasteiger partial charge in [-0.25, -0.2) is 4.79 Å². The second-order valence-electron chi connectivity index (χ2n) is 4.49. The van der Waals surface area contributed by atoms with Crippen molar-refractivity contribution in [3.63, 3.8) is 0 Å². The minimum absolute atomic E-state index is 0.184. The van der Waals surface area contributed by atoms with Gasteiger partial charge in [0.1, 0.15) is 5.56 Å². The molecule has 20 heavy (non-hydrogen) atoms. The fourth-order valence-electron chi connectivity index (χ4n) is 1.51. The van der Waals surface area contributed by atoms with E-state index in [1.165, 1.54) is 25.1 Å². The molecule has 0 aliphatic carbocycles. The minimum Gasteiger partial charge on any atom is -0.479 e. The summed E-state index contributed by atoms with van der Waals surface area (Å²) in [6.07, 6.45) is 0. The number of benzene rings is 1. The molecule has 0 aromatic heterocycles. The molecule has 0 aliphatic rings. The maximum atomic E-state index is 11.9. The molecule has 0 fully saturated rings. The fraction of sp³-hybridized carbons (Fsp3) is 0.333. The van der Waals surface area contributed by atoms with Gasteiger partial charge in [0.25, 0.3) is 11.6 Å². The molecule has 0 spiro atoms. The molecule has 8 heteroatoms. The first-order valence-corrected chi connectivity index (χ1v) is 5.65. The van der Waals surface area contributed by atoms with E-state index in [1.54, 1.807) is 0 Å². The van der Waals surface area contributed by atoms with Gasteiger partial charge in [-0.1, -0.05) is 12.1 Å². The predicted octanol–water partition coefficient (Wildman–Crippen LogP) is 0.469. The summed E-state index contributed by atoms with van der Waals surface area (Å²) in [6.45, 7) is 1.94. The molecule has 1 unspecified atom stereocenters. The Hall–Kier alpha value is -2.48. The summed E-state index contributed by atoms with van der Waals surface area (Å²) in [7, 11) is 0. The second-order valence-corrected chi connectivity index (χ2v) is 4.49. The monoisotopic (exact) mass is 282 g/mol. The summed E-state index contributed by atoms with van der Waals surface area (Å²) in [4.78, 5) is 32.8. The lowest BCUT2D eigenvalue weighted by Gasteiger charge is -2.18. The van der Waals surface area contributed by atoms with Crippen LogP contribution in [0.2, 0.25) is 0 Å². The SMILES string of the molecule is Cc1cccc(C(=O)NCC(C)(O)C(=O)O)c1[N+](=O)[O-]. The standard InChI is InChI=1S/C12H14N2O6/c1-7-4-3-5-8(9(7)14(19)20)10(15)13-6-12(2,18)11(16)17/h3-5,18H,6H2,1-2H3,(H,13,15)(H,16,17). The first kappa shape index (κ1) is 15.6. The number of nitro groups is 1. The number of aliphatic hydroxyl groups is 1. The third kappa shape index (κ3) is 3.29. The van der Waals surface area contributed by atoms with Gasteiger partial charge in [-0.3, -0.25) is 14.9 Å². The van der Waals surface area contributed by atoms with E-state index in [0.29, 0.717) is 5.56 Å². The largest absolute Gasteiger partial charge is 0.479 e.